The molecule has 0 saturated carbocycles. The zero-order valence-electron chi connectivity index (χ0n) is 16.5. The van der Waals surface area contributed by atoms with Crippen molar-refractivity contribution >= 4 is 21.0 Å². The van der Waals surface area contributed by atoms with Crippen LogP contribution >= 0.6 is 0 Å². The summed E-state index contributed by atoms with van der Waals surface area (Å²) in [6, 6.07) is 12.8. The van der Waals surface area contributed by atoms with Crippen LogP contribution in [0.25, 0.3) is 10.8 Å². The van der Waals surface area contributed by atoms with Crippen LogP contribution in [-0.4, -0.2) is 10.2 Å². The second-order valence-electron chi connectivity index (χ2n) is 5.37. The van der Waals surface area contributed by atoms with Gasteiger partial charge < -0.3 is 24.8 Å². The summed E-state index contributed by atoms with van der Waals surface area (Å²) >= 11 is 0. The van der Waals surface area contributed by atoms with Crippen molar-refractivity contribution in [2.75, 3.05) is 0 Å². The van der Waals surface area contributed by atoms with Gasteiger partial charge in [0.05, 0.1) is 0 Å². The third-order valence-electron chi connectivity index (χ3n) is 3.31. The van der Waals surface area contributed by atoms with Crippen molar-refractivity contribution in [1.29, 1.82) is 0 Å². The van der Waals surface area contributed by atoms with Crippen LogP contribution in [0, 0.1) is 13.0 Å². The van der Waals surface area contributed by atoms with Crippen LogP contribution in [0.1, 0.15) is 51.5 Å². The number of rotatable bonds is 3. The van der Waals surface area contributed by atoms with Crippen molar-refractivity contribution in [2.24, 2.45) is 0 Å². The largest absolute Gasteiger partial charge is 4.00 e. The molecule has 3 rings (SSSR count). The number of hydrogen-bond acceptors (Lipinski definition) is 0. The standard InChI is InChI=1S/C10H9.C6H14.C5H5.CH3Si.2ClH.Zr/c1-8-6-9-4-2-3-5-10(9)7-8;1-3-5-6-4-2;1-2-4-5-3-1;1-2;;;/h2-7H,1H3;3-6H2,1-2H3;1-3H,4H2;1H3;2*1H;/q-1;;-1;;;;+4/p-2. The molecule has 0 aromatic heterocycles. The van der Waals surface area contributed by atoms with Gasteiger partial charge in [-0.05, 0) is 0 Å². The molecule has 0 heterocycles. The Kier molecular flexibility index (Phi) is 32.3. The Labute approximate surface area is 196 Å². The molecule has 1 aliphatic carbocycles. The van der Waals surface area contributed by atoms with Crippen LogP contribution < -0.4 is 24.8 Å². The summed E-state index contributed by atoms with van der Waals surface area (Å²) in [4.78, 5) is 0. The van der Waals surface area contributed by atoms with Gasteiger partial charge in [0.2, 0.25) is 0 Å². The third-order valence-corrected chi connectivity index (χ3v) is 3.31. The second kappa shape index (κ2) is 25.0. The van der Waals surface area contributed by atoms with Gasteiger partial charge in [-0.15, -0.1) is 47.0 Å². The van der Waals surface area contributed by atoms with Gasteiger partial charge in [0.15, 0.2) is 0 Å². The van der Waals surface area contributed by atoms with Gasteiger partial charge in [0.1, 0.15) is 0 Å². The van der Waals surface area contributed by atoms with E-state index in [1.165, 1.54) is 42.0 Å². The van der Waals surface area contributed by atoms with Gasteiger partial charge in [0, 0.05) is 10.2 Å². The molecular weight excluding hydrogens is 454 g/mol. The minimum atomic E-state index is 0. The summed E-state index contributed by atoms with van der Waals surface area (Å²) < 4.78 is 0. The Balaban J connectivity index is -0.000000134. The molecule has 0 fully saturated rings. The van der Waals surface area contributed by atoms with Crippen LogP contribution in [0.5, 0.6) is 0 Å². The SMILES string of the molecule is CCCCCC.C[Si].Cc1cc2ccccc2[cH-]1.[C-]1=CC=CC1.[Cl-].[Cl-].[Zr+4]. The number of unbranched alkanes of at least 4 members (excludes halogenated alkanes) is 3. The number of allylic oxidation sites excluding steroid dienone is 4. The Hall–Kier alpha value is -0.01000. The molecule has 3 radical (unpaired) electrons. The average molecular weight is 486 g/mol. The summed E-state index contributed by atoms with van der Waals surface area (Å²) in [5.41, 5.74) is 1.35. The van der Waals surface area contributed by atoms with E-state index < -0.39 is 0 Å². The number of hydrogen-bond donors (Lipinski definition) is 0. The zero-order chi connectivity index (χ0) is 17.3. The van der Waals surface area contributed by atoms with Gasteiger partial charge in [-0.3, -0.25) is 6.08 Å². The first-order valence-electron chi connectivity index (χ1n) is 8.61. The Morgan fingerprint density at radius 2 is 1.62 bits per heavy atom. The van der Waals surface area contributed by atoms with E-state index in [-0.39, 0.29) is 51.0 Å². The van der Waals surface area contributed by atoms with Crippen molar-refractivity contribution in [2.45, 2.75) is 59.4 Å². The second-order valence-corrected chi connectivity index (χ2v) is 5.37. The van der Waals surface area contributed by atoms with E-state index in [2.05, 4.69) is 79.6 Å². The first-order valence-corrected chi connectivity index (χ1v) is 9.61. The molecule has 0 amide bonds. The first kappa shape index (κ1) is 33.6. The molecule has 141 valence electrons. The number of aryl methyl sites for hydroxylation is 1. The van der Waals surface area contributed by atoms with Crippen molar-refractivity contribution < 1.29 is 51.0 Å². The fourth-order valence-electron chi connectivity index (χ4n) is 2.15. The molecule has 0 atom stereocenters. The summed E-state index contributed by atoms with van der Waals surface area (Å²) in [6.07, 6.45) is 15.5. The molecule has 0 N–H and O–H groups in total. The van der Waals surface area contributed by atoms with Gasteiger partial charge in [-0.1, -0.05) is 59.1 Å². The van der Waals surface area contributed by atoms with Crippen molar-refractivity contribution in [1.82, 2.24) is 0 Å². The predicted molar refractivity (Wildman–Crippen MR) is 107 cm³/mol. The molecule has 1 aliphatic rings. The van der Waals surface area contributed by atoms with E-state index in [1.54, 1.807) is 6.55 Å². The Morgan fingerprint density at radius 1 is 1.04 bits per heavy atom. The maximum Gasteiger partial charge on any atom is 4.00 e. The quantitative estimate of drug-likeness (QED) is 0.345. The molecule has 4 heteroatoms. The average Bonchev–Trinajstić information content (AvgIpc) is 3.27. The zero-order valence-corrected chi connectivity index (χ0v) is 21.5. The van der Waals surface area contributed by atoms with Crippen molar-refractivity contribution in [3.8, 4) is 0 Å². The van der Waals surface area contributed by atoms with Gasteiger partial charge in [0.25, 0.3) is 0 Å². The minimum Gasteiger partial charge on any atom is -1.00 e. The van der Waals surface area contributed by atoms with E-state index in [4.69, 9.17) is 0 Å². The summed E-state index contributed by atoms with van der Waals surface area (Å²) in [7, 11) is 2.97. The topological polar surface area (TPSA) is 0 Å². The molecule has 0 nitrogen and oxygen atoms in total. The summed E-state index contributed by atoms with van der Waals surface area (Å²) in [5.74, 6) is 0. The molecule has 26 heavy (non-hydrogen) atoms. The monoisotopic (exact) mass is 483 g/mol. The third kappa shape index (κ3) is 17.4. The smallest absolute Gasteiger partial charge is 1.00 e. The molecule has 2 aromatic rings. The molecular formula is C22H31Cl2SiZr. The molecule has 0 saturated heterocycles. The summed E-state index contributed by atoms with van der Waals surface area (Å²) in [6.45, 7) is 8.39. The fraction of sp³-hybridized carbons (Fsp3) is 0.409. The normalized spacial score (nSPS) is 9.73. The van der Waals surface area contributed by atoms with Crippen LogP contribution in [0.2, 0.25) is 6.55 Å². The molecule has 0 unspecified atom stereocenters. The molecule has 2 aromatic carbocycles. The van der Waals surface area contributed by atoms with E-state index in [0.29, 0.717) is 0 Å². The van der Waals surface area contributed by atoms with Crippen molar-refractivity contribution in [3.63, 3.8) is 0 Å². The molecule has 0 aliphatic heterocycles. The maximum absolute atomic E-state index is 2.99. The van der Waals surface area contributed by atoms with Gasteiger partial charge in [-0.25, -0.2) is 12.2 Å². The van der Waals surface area contributed by atoms with Crippen LogP contribution in [0.3, 0.4) is 0 Å². The van der Waals surface area contributed by atoms with Crippen LogP contribution in [0.4, 0.5) is 0 Å². The Bertz CT molecular complexity index is 515. The number of halogens is 2. The summed E-state index contributed by atoms with van der Waals surface area (Å²) in [5, 5.41) is 2.69. The first-order chi connectivity index (χ1) is 11.3. The molecule has 0 bridgehead atoms. The number of fused-ring (bicyclic) bond motifs is 1. The molecule has 0 spiro atoms. The van der Waals surface area contributed by atoms with E-state index in [1.807, 2.05) is 12.2 Å². The Morgan fingerprint density at radius 3 is 2.00 bits per heavy atom. The number of benzene rings is 1. The van der Waals surface area contributed by atoms with Gasteiger partial charge >= 0.3 is 26.2 Å². The van der Waals surface area contributed by atoms with E-state index in [0.717, 1.165) is 6.42 Å². The van der Waals surface area contributed by atoms with Crippen molar-refractivity contribution in [3.05, 3.63) is 66.3 Å². The van der Waals surface area contributed by atoms with Crippen LogP contribution in [-0.2, 0) is 26.2 Å². The van der Waals surface area contributed by atoms with E-state index >= 15 is 0 Å². The maximum atomic E-state index is 2.99. The van der Waals surface area contributed by atoms with E-state index in [9.17, 15) is 0 Å². The fourth-order valence-corrected chi connectivity index (χ4v) is 2.15. The minimum absolute atomic E-state index is 0. The van der Waals surface area contributed by atoms with Crippen LogP contribution in [0.15, 0.2) is 54.6 Å². The van der Waals surface area contributed by atoms with Gasteiger partial charge in [-0.2, -0.15) is 12.1 Å². The predicted octanol–water partition coefficient (Wildman–Crippen LogP) is 0.968.